The molecule has 102 valence electrons. The molecule has 1 aromatic carbocycles. The van der Waals surface area contributed by atoms with Crippen molar-refractivity contribution in [2.45, 2.75) is 19.3 Å². The van der Waals surface area contributed by atoms with Crippen LogP contribution in [0.3, 0.4) is 0 Å². The Kier molecular flexibility index (Phi) is 4.80. The summed E-state index contributed by atoms with van der Waals surface area (Å²) in [5.41, 5.74) is 0.582. The van der Waals surface area contributed by atoms with E-state index >= 15 is 0 Å². The van der Waals surface area contributed by atoms with Crippen LogP contribution in [0, 0.1) is 0 Å². The third kappa shape index (κ3) is 3.96. The molecule has 0 aliphatic carbocycles. The Balaban J connectivity index is 1.66. The lowest BCUT2D eigenvalue weighted by molar-refractivity contribution is -0.134. The summed E-state index contributed by atoms with van der Waals surface area (Å²) in [7, 11) is 0. The highest BCUT2D eigenvalue weighted by Crippen LogP contribution is 2.10. The summed E-state index contributed by atoms with van der Waals surface area (Å²) < 4.78 is 0. The Morgan fingerprint density at radius 1 is 1.21 bits per heavy atom. The van der Waals surface area contributed by atoms with Gasteiger partial charge in [-0.05, 0) is 37.1 Å². The fourth-order valence-electron chi connectivity index (χ4n) is 1.87. The summed E-state index contributed by atoms with van der Waals surface area (Å²) in [5.74, 6) is 0.0556. The number of nitrogens with one attached hydrogen (secondary N) is 1. The zero-order chi connectivity index (χ0) is 13.7. The maximum absolute atomic E-state index is 11.8. The van der Waals surface area contributed by atoms with E-state index < -0.39 is 0 Å². The van der Waals surface area contributed by atoms with Crippen LogP contribution in [-0.2, 0) is 4.79 Å². The van der Waals surface area contributed by atoms with E-state index in [0.717, 1.165) is 19.5 Å². The minimum Gasteiger partial charge on any atom is -0.352 e. The summed E-state index contributed by atoms with van der Waals surface area (Å²) >= 11 is 5.75. The van der Waals surface area contributed by atoms with E-state index in [2.05, 4.69) is 5.32 Å². The molecule has 1 N–H and O–H groups in total. The van der Waals surface area contributed by atoms with Gasteiger partial charge >= 0.3 is 0 Å². The second-order valence-electron chi connectivity index (χ2n) is 4.60. The minimum atomic E-state index is -0.131. The number of carbonyl (C=O) groups is 2. The lowest BCUT2D eigenvalue weighted by Crippen LogP contribution is -2.42. The molecule has 4 nitrogen and oxygen atoms in total. The Morgan fingerprint density at radius 3 is 2.47 bits per heavy atom. The van der Waals surface area contributed by atoms with Gasteiger partial charge in [0.05, 0.1) is 0 Å². The minimum absolute atomic E-state index is 0.131. The van der Waals surface area contributed by atoms with Gasteiger partial charge in [0.15, 0.2) is 0 Å². The number of halogens is 1. The standard InChI is InChI=1S/C14H17ClN2O2/c15-12-6-4-11(5-7-12)14(19)16-8-1-3-13(18)17-9-2-10-17/h4-7H,1-3,8-10H2,(H,16,19). The first-order valence-corrected chi connectivity index (χ1v) is 6.86. The molecular weight excluding hydrogens is 264 g/mol. The van der Waals surface area contributed by atoms with Crippen LogP contribution in [0.15, 0.2) is 24.3 Å². The lowest BCUT2D eigenvalue weighted by atomic mass is 10.1. The molecular formula is C14H17ClN2O2. The number of likely N-dealkylation sites (tertiary alicyclic amines) is 1. The summed E-state index contributed by atoms with van der Waals surface area (Å²) in [6.45, 7) is 2.28. The van der Waals surface area contributed by atoms with Gasteiger partial charge in [0, 0.05) is 36.6 Å². The average molecular weight is 281 g/mol. The molecule has 1 fully saturated rings. The zero-order valence-electron chi connectivity index (χ0n) is 10.7. The third-order valence-electron chi connectivity index (χ3n) is 3.17. The molecule has 0 atom stereocenters. The molecule has 0 spiro atoms. The zero-order valence-corrected chi connectivity index (χ0v) is 11.4. The van der Waals surface area contributed by atoms with E-state index in [1.165, 1.54) is 0 Å². The monoisotopic (exact) mass is 280 g/mol. The number of amides is 2. The predicted octanol–water partition coefficient (Wildman–Crippen LogP) is 2.08. The van der Waals surface area contributed by atoms with E-state index in [1.54, 1.807) is 24.3 Å². The first-order valence-electron chi connectivity index (χ1n) is 6.48. The van der Waals surface area contributed by atoms with Gasteiger partial charge < -0.3 is 10.2 Å². The van der Waals surface area contributed by atoms with Gasteiger partial charge in [0.25, 0.3) is 5.91 Å². The van der Waals surface area contributed by atoms with Crippen LogP contribution in [0.5, 0.6) is 0 Å². The van der Waals surface area contributed by atoms with Crippen molar-refractivity contribution in [2.75, 3.05) is 19.6 Å². The van der Waals surface area contributed by atoms with Crippen LogP contribution in [0.1, 0.15) is 29.6 Å². The molecule has 0 saturated carbocycles. The van der Waals surface area contributed by atoms with Gasteiger partial charge in [-0.3, -0.25) is 9.59 Å². The van der Waals surface area contributed by atoms with E-state index in [0.29, 0.717) is 30.0 Å². The Labute approximate surface area is 117 Å². The topological polar surface area (TPSA) is 49.4 Å². The number of hydrogen-bond acceptors (Lipinski definition) is 2. The fraction of sp³-hybridized carbons (Fsp3) is 0.429. The highest BCUT2D eigenvalue weighted by atomic mass is 35.5. The Hall–Kier alpha value is -1.55. The summed E-state index contributed by atoms with van der Waals surface area (Å²) in [6, 6.07) is 6.74. The number of nitrogens with zero attached hydrogens (tertiary/aromatic N) is 1. The molecule has 1 aliphatic heterocycles. The van der Waals surface area contributed by atoms with Gasteiger partial charge in [-0.25, -0.2) is 0 Å². The Bertz CT molecular complexity index is 455. The van der Waals surface area contributed by atoms with Crippen LogP contribution in [0.25, 0.3) is 0 Å². The van der Waals surface area contributed by atoms with E-state index in [1.807, 2.05) is 4.90 Å². The molecule has 0 aromatic heterocycles. The van der Waals surface area contributed by atoms with Gasteiger partial charge in [0.2, 0.25) is 5.91 Å². The maximum atomic E-state index is 11.8. The molecule has 1 aliphatic rings. The predicted molar refractivity (Wildman–Crippen MR) is 74.2 cm³/mol. The largest absolute Gasteiger partial charge is 0.352 e. The van der Waals surface area contributed by atoms with Crippen molar-refractivity contribution in [3.05, 3.63) is 34.9 Å². The molecule has 0 bridgehead atoms. The van der Waals surface area contributed by atoms with Crippen LogP contribution in [-0.4, -0.2) is 36.3 Å². The van der Waals surface area contributed by atoms with Crippen LogP contribution < -0.4 is 5.32 Å². The molecule has 1 aromatic rings. The summed E-state index contributed by atoms with van der Waals surface area (Å²) in [5, 5.41) is 3.40. The van der Waals surface area contributed by atoms with Gasteiger partial charge in [-0.2, -0.15) is 0 Å². The summed E-state index contributed by atoms with van der Waals surface area (Å²) in [4.78, 5) is 25.2. The molecule has 1 saturated heterocycles. The fourth-order valence-corrected chi connectivity index (χ4v) is 1.99. The maximum Gasteiger partial charge on any atom is 0.251 e. The first-order chi connectivity index (χ1) is 9.16. The van der Waals surface area contributed by atoms with Gasteiger partial charge in [0.1, 0.15) is 0 Å². The van der Waals surface area contributed by atoms with Crippen molar-refractivity contribution >= 4 is 23.4 Å². The van der Waals surface area contributed by atoms with E-state index in [4.69, 9.17) is 11.6 Å². The smallest absolute Gasteiger partial charge is 0.251 e. The highest BCUT2D eigenvalue weighted by Gasteiger charge is 2.19. The summed E-state index contributed by atoms with van der Waals surface area (Å²) in [6.07, 6.45) is 2.29. The molecule has 2 amide bonds. The van der Waals surface area contributed by atoms with Crippen molar-refractivity contribution in [1.82, 2.24) is 10.2 Å². The van der Waals surface area contributed by atoms with E-state index in [-0.39, 0.29) is 11.8 Å². The van der Waals surface area contributed by atoms with Crippen molar-refractivity contribution < 1.29 is 9.59 Å². The number of rotatable bonds is 5. The van der Waals surface area contributed by atoms with Gasteiger partial charge in [-0.1, -0.05) is 11.6 Å². The van der Waals surface area contributed by atoms with Crippen molar-refractivity contribution in [3.63, 3.8) is 0 Å². The number of carbonyl (C=O) groups excluding carboxylic acids is 2. The molecule has 19 heavy (non-hydrogen) atoms. The van der Waals surface area contributed by atoms with E-state index in [9.17, 15) is 9.59 Å². The molecule has 0 unspecified atom stereocenters. The van der Waals surface area contributed by atoms with Crippen molar-refractivity contribution in [2.24, 2.45) is 0 Å². The number of hydrogen-bond donors (Lipinski definition) is 1. The molecule has 5 heteroatoms. The van der Waals surface area contributed by atoms with Crippen LogP contribution in [0.2, 0.25) is 5.02 Å². The van der Waals surface area contributed by atoms with Gasteiger partial charge in [-0.15, -0.1) is 0 Å². The van der Waals surface area contributed by atoms with Crippen molar-refractivity contribution in [3.8, 4) is 0 Å². The average Bonchev–Trinajstić information content (AvgIpc) is 2.33. The van der Waals surface area contributed by atoms with Crippen molar-refractivity contribution in [1.29, 1.82) is 0 Å². The first kappa shape index (κ1) is 13.9. The SMILES string of the molecule is O=C(NCCCC(=O)N1CCC1)c1ccc(Cl)cc1. The second kappa shape index (κ2) is 6.57. The quantitative estimate of drug-likeness (QED) is 0.840. The lowest BCUT2D eigenvalue weighted by Gasteiger charge is -2.30. The second-order valence-corrected chi connectivity index (χ2v) is 5.04. The van der Waals surface area contributed by atoms with Crippen LogP contribution in [0.4, 0.5) is 0 Å². The third-order valence-corrected chi connectivity index (χ3v) is 3.42. The molecule has 1 heterocycles. The number of benzene rings is 1. The molecule has 0 radical (unpaired) electrons. The highest BCUT2D eigenvalue weighted by molar-refractivity contribution is 6.30. The Morgan fingerprint density at radius 2 is 1.89 bits per heavy atom. The van der Waals surface area contributed by atoms with Crippen LogP contribution >= 0.6 is 11.6 Å². The molecule has 2 rings (SSSR count). The normalized spacial score (nSPS) is 13.8.